The second-order valence-corrected chi connectivity index (χ2v) is 9.55. The van der Waals surface area contributed by atoms with E-state index in [2.05, 4.69) is 6.07 Å². The van der Waals surface area contributed by atoms with Crippen LogP contribution in [-0.4, -0.2) is 19.8 Å². The third kappa shape index (κ3) is 4.02. The molecule has 0 atom stereocenters. The van der Waals surface area contributed by atoms with Crippen LogP contribution in [0.25, 0.3) is 16.3 Å². The van der Waals surface area contributed by atoms with E-state index in [-0.39, 0.29) is 5.56 Å². The van der Waals surface area contributed by atoms with Crippen molar-refractivity contribution in [3.05, 3.63) is 110 Å². The number of thiazole rings is 1. The number of benzene rings is 2. The average Bonchev–Trinajstić information content (AvgIpc) is 3.57. The fourth-order valence-electron chi connectivity index (χ4n) is 3.73. The van der Waals surface area contributed by atoms with Gasteiger partial charge in [-0.25, -0.2) is 14.4 Å². The number of hydrogen-bond acceptors (Lipinski definition) is 5. The van der Waals surface area contributed by atoms with E-state index in [9.17, 15) is 4.79 Å². The fraction of sp³-hybridized carbons (Fsp3) is 0.115. The number of nitrogens with zero attached hydrogens (tertiary/aromatic N) is 5. The lowest BCUT2D eigenvalue weighted by atomic mass is 10.1. The highest BCUT2D eigenvalue weighted by molar-refractivity contribution is 7.14. The minimum absolute atomic E-state index is 0.160. The zero-order valence-electron chi connectivity index (χ0n) is 19.0. The van der Waals surface area contributed by atoms with Crippen molar-refractivity contribution in [1.82, 2.24) is 14.0 Å². The van der Waals surface area contributed by atoms with E-state index in [1.807, 2.05) is 108 Å². The average molecular weight is 486 g/mol. The van der Waals surface area contributed by atoms with Crippen molar-refractivity contribution in [3.8, 4) is 16.3 Å². The molecule has 0 unspecified atom stereocenters. The molecule has 0 radical (unpaired) electrons. The van der Waals surface area contributed by atoms with Crippen LogP contribution in [0.4, 0.5) is 5.69 Å². The Kier molecular flexibility index (Phi) is 6.00. The van der Waals surface area contributed by atoms with Crippen LogP contribution in [0.1, 0.15) is 18.2 Å². The molecule has 0 fully saturated rings. The maximum Gasteiger partial charge on any atom is 0.297 e. The molecule has 34 heavy (non-hydrogen) atoms. The van der Waals surface area contributed by atoms with Gasteiger partial charge in [-0.15, -0.1) is 22.7 Å². The van der Waals surface area contributed by atoms with Crippen molar-refractivity contribution in [1.29, 1.82) is 0 Å². The molecule has 0 saturated heterocycles. The Bertz CT molecular complexity index is 1580. The molecule has 6 nitrogen and oxygen atoms in total. The molecule has 0 saturated carbocycles. The van der Waals surface area contributed by atoms with Gasteiger partial charge in [-0.05, 0) is 43.0 Å². The molecular formula is C26H23N5OS2. The summed E-state index contributed by atoms with van der Waals surface area (Å²) in [6.07, 6.45) is 0. The van der Waals surface area contributed by atoms with Crippen LogP contribution in [0.15, 0.2) is 98.4 Å². The van der Waals surface area contributed by atoms with Crippen LogP contribution in [0.3, 0.4) is 0 Å². The van der Waals surface area contributed by atoms with Crippen LogP contribution >= 0.6 is 22.7 Å². The number of aromatic nitrogens is 3. The van der Waals surface area contributed by atoms with Gasteiger partial charge in [0.15, 0.2) is 5.69 Å². The largest absolute Gasteiger partial charge is 0.297 e. The summed E-state index contributed by atoms with van der Waals surface area (Å²) >= 11 is 3.12. The zero-order valence-corrected chi connectivity index (χ0v) is 20.7. The highest BCUT2D eigenvalue weighted by Gasteiger charge is 2.17. The van der Waals surface area contributed by atoms with Crippen molar-refractivity contribution in [3.63, 3.8) is 0 Å². The summed E-state index contributed by atoms with van der Waals surface area (Å²) in [5, 5.41) is 9.01. The molecule has 0 N–H and O–H groups in total. The summed E-state index contributed by atoms with van der Waals surface area (Å²) in [7, 11) is 1.88. The quantitative estimate of drug-likeness (QED) is 0.300. The molecule has 5 rings (SSSR count). The maximum atomic E-state index is 13.4. The normalized spacial score (nSPS) is 12.4. The lowest BCUT2D eigenvalue weighted by Crippen LogP contribution is -2.20. The molecule has 2 aromatic carbocycles. The second kappa shape index (κ2) is 9.24. The van der Waals surface area contributed by atoms with Crippen LogP contribution in [-0.2, 0) is 7.05 Å². The second-order valence-electron chi connectivity index (χ2n) is 7.77. The first-order valence-electron chi connectivity index (χ1n) is 10.8. The molecular weight excluding hydrogens is 462 g/mol. The van der Waals surface area contributed by atoms with Crippen molar-refractivity contribution in [2.24, 2.45) is 17.1 Å². The predicted molar refractivity (Wildman–Crippen MR) is 141 cm³/mol. The molecule has 3 aromatic heterocycles. The Morgan fingerprint density at radius 1 is 0.912 bits per heavy atom. The first-order chi connectivity index (χ1) is 16.5. The SMILES string of the molecule is CC(=Nn1c(-c2cccs2)csc1=Nc1c(C)n(C)n(-c2ccccc2)c1=O)c1ccccc1. The van der Waals surface area contributed by atoms with Gasteiger partial charge in [-0.1, -0.05) is 54.6 Å². The smallest absolute Gasteiger partial charge is 0.283 e. The van der Waals surface area contributed by atoms with E-state index in [0.717, 1.165) is 33.2 Å². The topological polar surface area (TPSA) is 56.6 Å². The highest BCUT2D eigenvalue weighted by atomic mass is 32.1. The molecule has 3 heterocycles. The molecule has 170 valence electrons. The van der Waals surface area contributed by atoms with Crippen LogP contribution in [0.2, 0.25) is 0 Å². The van der Waals surface area contributed by atoms with E-state index in [1.54, 1.807) is 16.0 Å². The first kappa shape index (κ1) is 22.1. The summed E-state index contributed by atoms with van der Waals surface area (Å²) in [5.41, 5.74) is 4.69. The Labute approximate surface area is 205 Å². The molecule has 0 spiro atoms. The van der Waals surface area contributed by atoms with Gasteiger partial charge in [0.2, 0.25) is 4.80 Å². The van der Waals surface area contributed by atoms with Crippen molar-refractivity contribution < 1.29 is 0 Å². The van der Waals surface area contributed by atoms with Gasteiger partial charge in [0.25, 0.3) is 5.56 Å². The van der Waals surface area contributed by atoms with Crippen molar-refractivity contribution in [2.75, 3.05) is 0 Å². The first-order valence-corrected chi connectivity index (χ1v) is 12.5. The summed E-state index contributed by atoms with van der Waals surface area (Å²) in [6, 6.07) is 23.7. The van der Waals surface area contributed by atoms with Gasteiger partial charge in [-0.2, -0.15) is 5.10 Å². The third-order valence-corrected chi connectivity index (χ3v) is 7.34. The van der Waals surface area contributed by atoms with E-state index >= 15 is 0 Å². The van der Waals surface area contributed by atoms with Crippen LogP contribution in [0.5, 0.6) is 0 Å². The van der Waals surface area contributed by atoms with E-state index in [0.29, 0.717) is 10.5 Å². The van der Waals surface area contributed by atoms with Crippen LogP contribution < -0.4 is 10.4 Å². The Morgan fingerprint density at radius 3 is 2.29 bits per heavy atom. The van der Waals surface area contributed by atoms with Gasteiger partial charge >= 0.3 is 0 Å². The lowest BCUT2D eigenvalue weighted by Gasteiger charge is -2.07. The van der Waals surface area contributed by atoms with Crippen molar-refractivity contribution >= 4 is 34.1 Å². The predicted octanol–water partition coefficient (Wildman–Crippen LogP) is 5.58. The molecule has 0 aliphatic heterocycles. The summed E-state index contributed by atoms with van der Waals surface area (Å²) in [5.74, 6) is 0. The number of thiophene rings is 1. The van der Waals surface area contributed by atoms with E-state index in [1.165, 1.54) is 11.3 Å². The Morgan fingerprint density at radius 2 is 1.62 bits per heavy atom. The minimum Gasteiger partial charge on any atom is -0.283 e. The number of hydrogen-bond donors (Lipinski definition) is 0. The van der Waals surface area contributed by atoms with Gasteiger partial charge < -0.3 is 0 Å². The Hall–Kier alpha value is -3.75. The summed E-state index contributed by atoms with van der Waals surface area (Å²) < 4.78 is 5.33. The van der Waals surface area contributed by atoms with E-state index in [4.69, 9.17) is 10.1 Å². The number of rotatable bonds is 5. The minimum atomic E-state index is -0.160. The zero-order chi connectivity index (χ0) is 23.7. The monoisotopic (exact) mass is 485 g/mol. The van der Waals surface area contributed by atoms with Gasteiger partial charge in [0.1, 0.15) is 0 Å². The molecule has 0 amide bonds. The lowest BCUT2D eigenvalue weighted by molar-refractivity contribution is 0.630. The van der Waals surface area contributed by atoms with Crippen LogP contribution in [0, 0.1) is 6.92 Å². The molecule has 0 aliphatic carbocycles. The molecule has 0 aliphatic rings. The highest BCUT2D eigenvalue weighted by Crippen LogP contribution is 2.26. The molecule has 5 aromatic rings. The van der Waals surface area contributed by atoms with E-state index < -0.39 is 0 Å². The maximum absolute atomic E-state index is 13.4. The Balaban J connectivity index is 1.72. The van der Waals surface area contributed by atoms with Gasteiger partial charge in [-0.3, -0.25) is 9.48 Å². The number of para-hydroxylation sites is 1. The van der Waals surface area contributed by atoms with Gasteiger partial charge in [0.05, 0.1) is 27.7 Å². The van der Waals surface area contributed by atoms with Gasteiger partial charge in [0, 0.05) is 12.4 Å². The fourth-order valence-corrected chi connectivity index (χ4v) is 5.36. The summed E-state index contributed by atoms with van der Waals surface area (Å²) in [6.45, 7) is 3.90. The van der Waals surface area contributed by atoms with Crippen molar-refractivity contribution in [2.45, 2.75) is 13.8 Å². The third-order valence-electron chi connectivity index (χ3n) is 5.63. The standard InChI is InChI=1S/C26H23N5OS2/c1-18(20-11-6-4-7-12-20)28-30-22(23-15-10-16-33-23)17-34-26(30)27-24-19(2)29(3)31(25(24)32)21-13-8-5-9-14-21/h4-17H,1-3H3. The summed E-state index contributed by atoms with van der Waals surface area (Å²) in [4.78, 5) is 20.0. The molecule has 8 heteroatoms. The molecule has 0 bridgehead atoms.